The van der Waals surface area contributed by atoms with Gasteiger partial charge in [0, 0.05) is 16.2 Å². The first-order valence-corrected chi connectivity index (χ1v) is 6.13. The summed E-state index contributed by atoms with van der Waals surface area (Å²) in [5.41, 5.74) is 0.354. The zero-order valence-corrected chi connectivity index (χ0v) is 11.4. The van der Waals surface area contributed by atoms with Crippen molar-refractivity contribution in [1.82, 2.24) is 4.73 Å². The molecule has 2 N–H and O–H groups in total. The minimum absolute atomic E-state index is 0.0337. The highest BCUT2D eigenvalue weighted by atomic mass is 79.9. The first kappa shape index (κ1) is 12.9. The van der Waals surface area contributed by atoms with Gasteiger partial charge in [-0.05, 0) is 18.2 Å². The standard InChI is InChI=1S/C12H8BrClN2O2/c13-8-4-2-1-3-7(8)11(17)10-9(15)5-6-16(18)12(10)14/h1-6,15,18H. The molecule has 0 aliphatic carbocycles. The Balaban J connectivity index is 2.64. The van der Waals surface area contributed by atoms with E-state index in [1.807, 2.05) is 0 Å². The van der Waals surface area contributed by atoms with Crippen molar-refractivity contribution < 1.29 is 10.0 Å². The van der Waals surface area contributed by atoms with Crippen molar-refractivity contribution in [3.8, 4) is 0 Å². The van der Waals surface area contributed by atoms with Crippen molar-refractivity contribution in [3.63, 3.8) is 0 Å². The molecular formula is C12H8BrClN2O2. The molecule has 0 aliphatic heterocycles. The lowest BCUT2D eigenvalue weighted by molar-refractivity contribution is 0.103. The third-order valence-electron chi connectivity index (χ3n) is 2.40. The van der Waals surface area contributed by atoms with Gasteiger partial charge in [-0.25, -0.2) is 0 Å². The van der Waals surface area contributed by atoms with Crippen molar-refractivity contribution in [3.05, 3.63) is 62.6 Å². The van der Waals surface area contributed by atoms with E-state index in [1.54, 1.807) is 24.3 Å². The molecule has 0 spiro atoms. The quantitative estimate of drug-likeness (QED) is 0.506. The Morgan fingerprint density at radius 1 is 1.33 bits per heavy atom. The van der Waals surface area contributed by atoms with Crippen LogP contribution >= 0.6 is 27.5 Å². The van der Waals surface area contributed by atoms with Gasteiger partial charge >= 0.3 is 0 Å². The zero-order valence-electron chi connectivity index (χ0n) is 9.02. The smallest absolute Gasteiger partial charge is 0.199 e. The topological polar surface area (TPSA) is 66.1 Å². The molecule has 0 amide bonds. The number of aromatic nitrogens is 1. The fourth-order valence-electron chi connectivity index (χ4n) is 1.52. The Bertz CT molecular complexity index is 682. The predicted molar refractivity (Wildman–Crippen MR) is 70.1 cm³/mol. The van der Waals surface area contributed by atoms with E-state index in [9.17, 15) is 10.0 Å². The summed E-state index contributed by atoms with van der Waals surface area (Å²) in [7, 11) is 0. The van der Waals surface area contributed by atoms with Gasteiger partial charge < -0.3 is 5.21 Å². The van der Waals surface area contributed by atoms with E-state index in [4.69, 9.17) is 17.0 Å². The van der Waals surface area contributed by atoms with Crippen LogP contribution in [0.3, 0.4) is 0 Å². The average molecular weight is 328 g/mol. The van der Waals surface area contributed by atoms with E-state index in [-0.39, 0.29) is 16.1 Å². The maximum absolute atomic E-state index is 12.3. The summed E-state index contributed by atoms with van der Waals surface area (Å²) in [4.78, 5) is 12.3. The van der Waals surface area contributed by atoms with Crippen LogP contribution in [0.2, 0.25) is 5.15 Å². The van der Waals surface area contributed by atoms with Gasteiger partial charge in [0.15, 0.2) is 10.9 Å². The molecule has 4 nitrogen and oxygen atoms in total. The van der Waals surface area contributed by atoms with Gasteiger partial charge in [0.25, 0.3) is 0 Å². The lowest BCUT2D eigenvalue weighted by atomic mass is 10.0. The number of carbonyl (C=O) groups excluding carboxylic acids is 1. The van der Waals surface area contributed by atoms with Gasteiger partial charge in [-0.1, -0.05) is 39.7 Å². The van der Waals surface area contributed by atoms with Crippen LogP contribution in [-0.2, 0) is 0 Å². The van der Waals surface area contributed by atoms with Crippen molar-refractivity contribution in [2.24, 2.45) is 0 Å². The second-order valence-corrected chi connectivity index (χ2v) is 4.76. The summed E-state index contributed by atoms with van der Waals surface area (Å²) >= 11 is 9.12. The second kappa shape index (κ2) is 4.96. The van der Waals surface area contributed by atoms with E-state index < -0.39 is 5.78 Å². The number of nitrogens with zero attached hydrogens (tertiary/aromatic N) is 1. The SMILES string of the molecule is N=c1ccn(O)c(Cl)c1C(=O)c1ccccc1Br. The molecule has 1 aromatic carbocycles. The first-order chi connectivity index (χ1) is 8.52. The Morgan fingerprint density at radius 3 is 2.67 bits per heavy atom. The summed E-state index contributed by atoms with van der Waals surface area (Å²) in [5, 5.41) is 16.9. The maximum Gasteiger partial charge on any atom is 0.199 e. The lowest BCUT2D eigenvalue weighted by Gasteiger charge is -2.08. The normalized spacial score (nSPS) is 10.3. The number of nitrogens with one attached hydrogen (secondary N) is 1. The van der Waals surface area contributed by atoms with Crippen LogP contribution < -0.4 is 5.36 Å². The third-order valence-corrected chi connectivity index (χ3v) is 3.46. The number of halogens is 2. The number of hydrogen-bond acceptors (Lipinski definition) is 3. The van der Waals surface area contributed by atoms with Gasteiger partial charge in [0.05, 0.1) is 10.9 Å². The van der Waals surface area contributed by atoms with Gasteiger partial charge in [0.1, 0.15) is 0 Å². The minimum atomic E-state index is -0.416. The molecule has 18 heavy (non-hydrogen) atoms. The highest BCUT2D eigenvalue weighted by Gasteiger charge is 2.18. The molecule has 0 aliphatic rings. The van der Waals surface area contributed by atoms with Crippen molar-refractivity contribution in [2.75, 3.05) is 0 Å². The number of benzene rings is 1. The van der Waals surface area contributed by atoms with Crippen LogP contribution in [0.4, 0.5) is 0 Å². The molecule has 0 atom stereocenters. The van der Waals surface area contributed by atoms with Crippen LogP contribution in [0.5, 0.6) is 0 Å². The summed E-state index contributed by atoms with van der Waals surface area (Å²) in [6, 6.07) is 8.14. The van der Waals surface area contributed by atoms with E-state index in [1.165, 1.54) is 12.3 Å². The summed E-state index contributed by atoms with van der Waals surface area (Å²) in [5.74, 6) is -0.416. The molecule has 6 heteroatoms. The molecule has 0 saturated carbocycles. The van der Waals surface area contributed by atoms with Crippen LogP contribution in [0.1, 0.15) is 15.9 Å². The molecule has 2 aromatic rings. The van der Waals surface area contributed by atoms with Gasteiger partial charge in [-0.2, -0.15) is 4.73 Å². The maximum atomic E-state index is 12.3. The molecule has 0 unspecified atom stereocenters. The van der Waals surface area contributed by atoms with Crippen LogP contribution in [0.25, 0.3) is 0 Å². The Kier molecular flexibility index (Phi) is 3.54. The van der Waals surface area contributed by atoms with E-state index in [0.717, 1.165) is 0 Å². The highest BCUT2D eigenvalue weighted by molar-refractivity contribution is 9.10. The summed E-state index contributed by atoms with van der Waals surface area (Å²) < 4.78 is 1.22. The largest absolute Gasteiger partial charge is 0.428 e. The first-order valence-electron chi connectivity index (χ1n) is 4.96. The van der Waals surface area contributed by atoms with Crippen molar-refractivity contribution in [1.29, 1.82) is 5.41 Å². The summed E-state index contributed by atoms with van der Waals surface area (Å²) in [6.45, 7) is 0. The van der Waals surface area contributed by atoms with Crippen LogP contribution in [0.15, 0.2) is 41.0 Å². The molecule has 0 bridgehead atoms. The van der Waals surface area contributed by atoms with Crippen LogP contribution in [-0.4, -0.2) is 15.7 Å². The monoisotopic (exact) mass is 326 g/mol. The minimum Gasteiger partial charge on any atom is -0.428 e. The predicted octanol–water partition coefficient (Wildman–Crippen LogP) is 2.85. The fraction of sp³-hybridized carbons (Fsp3) is 0. The van der Waals surface area contributed by atoms with Crippen molar-refractivity contribution >= 4 is 33.3 Å². The molecule has 0 fully saturated rings. The molecule has 1 heterocycles. The zero-order chi connectivity index (χ0) is 13.3. The van der Waals surface area contributed by atoms with E-state index >= 15 is 0 Å². The number of rotatable bonds is 2. The molecule has 0 radical (unpaired) electrons. The Labute approximate surface area is 116 Å². The molecule has 0 saturated heterocycles. The molecule has 1 aromatic heterocycles. The average Bonchev–Trinajstić information content (AvgIpc) is 2.35. The number of carbonyl (C=O) groups is 1. The Morgan fingerprint density at radius 2 is 2.00 bits per heavy atom. The number of ketones is 1. The van der Waals surface area contributed by atoms with Gasteiger partial charge in [-0.3, -0.25) is 10.2 Å². The fourth-order valence-corrected chi connectivity index (χ4v) is 2.22. The van der Waals surface area contributed by atoms with Gasteiger partial charge in [0.2, 0.25) is 0 Å². The molecular weight excluding hydrogens is 320 g/mol. The number of pyridine rings is 1. The van der Waals surface area contributed by atoms with Crippen LogP contribution in [0, 0.1) is 5.41 Å². The second-order valence-electron chi connectivity index (χ2n) is 3.55. The molecule has 2 rings (SSSR count). The highest BCUT2D eigenvalue weighted by Crippen LogP contribution is 2.21. The van der Waals surface area contributed by atoms with Gasteiger partial charge in [-0.15, -0.1) is 0 Å². The molecule has 92 valence electrons. The lowest BCUT2D eigenvalue weighted by Crippen LogP contribution is -2.19. The number of hydrogen-bond donors (Lipinski definition) is 2. The Hall–Kier alpha value is -1.59. The van der Waals surface area contributed by atoms with Crippen molar-refractivity contribution in [2.45, 2.75) is 0 Å². The van der Waals surface area contributed by atoms with E-state index in [2.05, 4.69) is 15.9 Å². The summed E-state index contributed by atoms with van der Waals surface area (Å²) in [6.07, 6.45) is 1.21. The third kappa shape index (κ3) is 2.19. The van der Waals surface area contributed by atoms with E-state index in [0.29, 0.717) is 14.8 Å².